The highest BCUT2D eigenvalue weighted by Gasteiger charge is 2.36. The standard InChI is InChI=1S/C17H15ClFN3O2/c1-21-14-7-6-10(18)8-12(14)16(11-4-2-3-5-13(11)19)22(17(20)24)9-15(21)23/h2-8,16H,9H2,1H3,(H2,20,24). The van der Waals surface area contributed by atoms with Gasteiger partial charge in [-0.15, -0.1) is 0 Å². The maximum atomic E-state index is 14.4. The normalized spacial score (nSPS) is 17.5. The molecular formula is C17H15ClFN3O2. The third-order valence-electron chi connectivity index (χ3n) is 4.12. The molecule has 0 bridgehead atoms. The number of nitrogens with zero attached hydrogens (tertiary/aromatic N) is 2. The van der Waals surface area contributed by atoms with E-state index in [1.54, 1.807) is 43.4 Å². The molecular weight excluding hydrogens is 333 g/mol. The molecule has 0 saturated carbocycles. The zero-order valence-corrected chi connectivity index (χ0v) is 13.6. The Hall–Kier alpha value is -2.60. The van der Waals surface area contributed by atoms with Crippen LogP contribution in [0.3, 0.4) is 0 Å². The number of hydrogen-bond donors (Lipinski definition) is 1. The predicted octanol–water partition coefficient (Wildman–Crippen LogP) is 2.93. The maximum Gasteiger partial charge on any atom is 0.316 e. The Morgan fingerprint density at radius 2 is 1.96 bits per heavy atom. The van der Waals surface area contributed by atoms with E-state index in [-0.39, 0.29) is 18.0 Å². The number of fused-ring (bicyclic) bond motifs is 1. The summed E-state index contributed by atoms with van der Waals surface area (Å²) in [6.07, 6.45) is 0. The highest BCUT2D eigenvalue weighted by Crippen LogP contribution is 2.39. The van der Waals surface area contributed by atoms with Crippen LogP contribution in [0, 0.1) is 5.82 Å². The van der Waals surface area contributed by atoms with E-state index in [0.29, 0.717) is 16.3 Å². The molecule has 24 heavy (non-hydrogen) atoms. The number of benzene rings is 2. The van der Waals surface area contributed by atoms with Crippen molar-refractivity contribution in [3.8, 4) is 0 Å². The summed E-state index contributed by atoms with van der Waals surface area (Å²) in [6, 6.07) is 9.38. The molecule has 2 aromatic rings. The van der Waals surface area contributed by atoms with Crippen molar-refractivity contribution in [3.05, 3.63) is 64.4 Å². The molecule has 7 heteroatoms. The molecule has 0 aromatic heterocycles. The minimum Gasteiger partial charge on any atom is -0.351 e. The van der Waals surface area contributed by atoms with E-state index in [0.717, 1.165) is 4.90 Å². The SMILES string of the molecule is CN1C(=O)CN(C(N)=O)C(c2ccccc2F)c2cc(Cl)ccc21. The van der Waals surface area contributed by atoms with Gasteiger partial charge in [0.1, 0.15) is 12.4 Å². The summed E-state index contributed by atoms with van der Waals surface area (Å²) < 4.78 is 14.4. The van der Waals surface area contributed by atoms with Gasteiger partial charge in [-0.25, -0.2) is 9.18 Å². The van der Waals surface area contributed by atoms with Gasteiger partial charge in [-0.2, -0.15) is 0 Å². The predicted molar refractivity (Wildman–Crippen MR) is 89.4 cm³/mol. The zero-order valence-electron chi connectivity index (χ0n) is 12.9. The van der Waals surface area contributed by atoms with Gasteiger partial charge in [0.05, 0.1) is 6.04 Å². The molecule has 3 rings (SSSR count). The largest absolute Gasteiger partial charge is 0.351 e. The Labute approximate surface area is 143 Å². The third-order valence-corrected chi connectivity index (χ3v) is 4.35. The third kappa shape index (κ3) is 2.69. The number of likely N-dealkylation sites (N-methyl/N-ethyl adjacent to an activating group) is 1. The summed E-state index contributed by atoms with van der Waals surface area (Å²) in [4.78, 5) is 26.9. The Balaban J connectivity index is 2.31. The van der Waals surface area contributed by atoms with Crippen LogP contribution in [0.4, 0.5) is 14.9 Å². The number of halogens is 2. The lowest BCUT2D eigenvalue weighted by molar-refractivity contribution is -0.118. The van der Waals surface area contributed by atoms with E-state index < -0.39 is 17.9 Å². The van der Waals surface area contributed by atoms with Crippen molar-refractivity contribution in [3.63, 3.8) is 0 Å². The molecule has 0 fully saturated rings. The molecule has 0 saturated heterocycles. The van der Waals surface area contributed by atoms with Gasteiger partial charge in [-0.1, -0.05) is 29.8 Å². The fourth-order valence-corrected chi connectivity index (χ4v) is 3.11. The van der Waals surface area contributed by atoms with E-state index in [1.165, 1.54) is 11.0 Å². The highest BCUT2D eigenvalue weighted by molar-refractivity contribution is 6.30. The van der Waals surface area contributed by atoms with Crippen LogP contribution in [-0.4, -0.2) is 30.4 Å². The Bertz CT molecular complexity index is 827. The van der Waals surface area contributed by atoms with Gasteiger partial charge in [0.2, 0.25) is 5.91 Å². The Kier molecular flexibility index (Phi) is 4.15. The number of rotatable bonds is 1. The zero-order chi connectivity index (χ0) is 17.4. The van der Waals surface area contributed by atoms with Crippen LogP contribution >= 0.6 is 11.6 Å². The van der Waals surface area contributed by atoms with Crippen LogP contribution in [0.2, 0.25) is 5.02 Å². The first-order valence-electron chi connectivity index (χ1n) is 7.26. The molecule has 1 atom stereocenters. The molecule has 124 valence electrons. The highest BCUT2D eigenvalue weighted by atomic mass is 35.5. The molecule has 2 N–H and O–H groups in total. The van der Waals surface area contributed by atoms with Crippen LogP contribution in [0.15, 0.2) is 42.5 Å². The summed E-state index contributed by atoms with van der Waals surface area (Å²) in [7, 11) is 1.60. The van der Waals surface area contributed by atoms with Crippen molar-refractivity contribution >= 4 is 29.2 Å². The van der Waals surface area contributed by atoms with E-state index >= 15 is 0 Å². The fourth-order valence-electron chi connectivity index (χ4n) is 2.93. The van der Waals surface area contributed by atoms with E-state index in [4.69, 9.17) is 17.3 Å². The number of amides is 3. The number of hydrogen-bond acceptors (Lipinski definition) is 2. The number of anilines is 1. The number of carbonyl (C=O) groups excluding carboxylic acids is 2. The summed E-state index contributed by atoms with van der Waals surface area (Å²) in [5.41, 5.74) is 6.83. The Morgan fingerprint density at radius 1 is 1.25 bits per heavy atom. The second-order valence-corrected chi connectivity index (χ2v) is 5.98. The monoisotopic (exact) mass is 347 g/mol. The number of carbonyl (C=O) groups is 2. The molecule has 3 amide bonds. The van der Waals surface area contributed by atoms with Gasteiger partial charge in [-0.3, -0.25) is 4.79 Å². The first-order valence-corrected chi connectivity index (χ1v) is 7.64. The van der Waals surface area contributed by atoms with Crippen molar-refractivity contribution in [1.82, 2.24) is 4.90 Å². The number of urea groups is 1. The van der Waals surface area contributed by atoms with Gasteiger partial charge in [0, 0.05) is 28.9 Å². The van der Waals surface area contributed by atoms with Gasteiger partial charge in [0.15, 0.2) is 0 Å². The molecule has 1 aliphatic rings. The van der Waals surface area contributed by atoms with Crippen LogP contribution < -0.4 is 10.6 Å². The summed E-state index contributed by atoms with van der Waals surface area (Å²) >= 11 is 6.10. The van der Waals surface area contributed by atoms with Crippen molar-refractivity contribution < 1.29 is 14.0 Å². The molecule has 1 aliphatic heterocycles. The summed E-state index contributed by atoms with van der Waals surface area (Å²) in [5, 5.41) is 0.419. The van der Waals surface area contributed by atoms with Crippen molar-refractivity contribution in [2.45, 2.75) is 6.04 Å². The van der Waals surface area contributed by atoms with Crippen LogP contribution in [0.5, 0.6) is 0 Å². The molecule has 0 radical (unpaired) electrons. The van der Waals surface area contributed by atoms with Gasteiger partial charge < -0.3 is 15.5 Å². The first-order chi connectivity index (χ1) is 11.4. The summed E-state index contributed by atoms with van der Waals surface area (Å²) in [6.45, 7) is -0.253. The second kappa shape index (κ2) is 6.13. The van der Waals surface area contributed by atoms with Gasteiger partial charge >= 0.3 is 6.03 Å². The van der Waals surface area contributed by atoms with Crippen LogP contribution in [0.1, 0.15) is 17.2 Å². The van der Waals surface area contributed by atoms with Crippen molar-refractivity contribution in [2.75, 3.05) is 18.5 Å². The number of nitrogens with two attached hydrogens (primary N) is 1. The lowest BCUT2D eigenvalue weighted by Crippen LogP contribution is -2.43. The maximum absolute atomic E-state index is 14.4. The lowest BCUT2D eigenvalue weighted by atomic mass is 9.95. The molecule has 0 aliphatic carbocycles. The van der Waals surface area contributed by atoms with Crippen molar-refractivity contribution in [1.29, 1.82) is 0 Å². The molecule has 1 heterocycles. The molecule has 5 nitrogen and oxygen atoms in total. The quantitative estimate of drug-likeness (QED) is 0.861. The number of primary amides is 1. The average Bonchev–Trinajstić information content (AvgIpc) is 2.64. The van der Waals surface area contributed by atoms with Gasteiger partial charge in [-0.05, 0) is 24.3 Å². The van der Waals surface area contributed by atoms with Crippen molar-refractivity contribution in [2.24, 2.45) is 5.73 Å². The smallest absolute Gasteiger partial charge is 0.316 e. The minimum atomic E-state index is -0.841. The molecule has 0 spiro atoms. The van der Waals surface area contributed by atoms with Gasteiger partial charge in [0.25, 0.3) is 0 Å². The molecule has 2 aromatic carbocycles. The lowest BCUT2D eigenvalue weighted by Gasteiger charge is -2.29. The first kappa shape index (κ1) is 16.3. The van der Waals surface area contributed by atoms with Crippen LogP contribution in [-0.2, 0) is 4.79 Å². The van der Waals surface area contributed by atoms with Crippen LogP contribution in [0.25, 0.3) is 0 Å². The molecule has 1 unspecified atom stereocenters. The fraction of sp³-hybridized carbons (Fsp3) is 0.176. The Morgan fingerprint density at radius 3 is 2.62 bits per heavy atom. The second-order valence-electron chi connectivity index (χ2n) is 5.55. The minimum absolute atomic E-state index is 0.253. The topological polar surface area (TPSA) is 66.6 Å². The van der Waals surface area contributed by atoms with E-state index in [9.17, 15) is 14.0 Å². The van der Waals surface area contributed by atoms with E-state index in [2.05, 4.69) is 0 Å². The van der Waals surface area contributed by atoms with E-state index in [1.807, 2.05) is 0 Å². The average molecular weight is 348 g/mol. The summed E-state index contributed by atoms with van der Waals surface area (Å²) in [5.74, 6) is -0.812.